The van der Waals surface area contributed by atoms with Crippen molar-refractivity contribution in [2.45, 2.75) is 38.1 Å². The van der Waals surface area contributed by atoms with Gasteiger partial charge in [0, 0.05) is 5.56 Å². The molecular formula is C21H22O5. The summed E-state index contributed by atoms with van der Waals surface area (Å²) < 4.78 is 22.9. The molecule has 1 fully saturated rings. The Balaban J connectivity index is 2.05. The van der Waals surface area contributed by atoms with Gasteiger partial charge in [0.25, 0.3) is 0 Å². The van der Waals surface area contributed by atoms with Gasteiger partial charge in [0.1, 0.15) is 0 Å². The quantitative estimate of drug-likeness (QED) is 0.790. The van der Waals surface area contributed by atoms with E-state index in [0.29, 0.717) is 11.5 Å². The normalized spacial score (nSPS) is 25.4. The Bertz CT molecular complexity index is 884. The summed E-state index contributed by atoms with van der Waals surface area (Å²) in [6.07, 6.45) is -0.665. The molecule has 4 rings (SSSR count). The van der Waals surface area contributed by atoms with Crippen molar-refractivity contribution in [3.8, 4) is 11.5 Å². The highest BCUT2D eigenvalue weighted by atomic mass is 16.8. The minimum atomic E-state index is -1.29. The fourth-order valence-electron chi connectivity index (χ4n) is 3.84. The standard InChI is InChI=1S/C21H22O5/c1-12-6-8-13(9-7-12)21-15-11-17(24-5)16(23-4)10-14(15)20(2,3)19(26-21)25-18(21)22/h6-11,19H,1-5H3. The van der Waals surface area contributed by atoms with Gasteiger partial charge in [-0.15, -0.1) is 0 Å². The van der Waals surface area contributed by atoms with Gasteiger partial charge in [-0.25, -0.2) is 4.79 Å². The summed E-state index contributed by atoms with van der Waals surface area (Å²) in [6.45, 7) is 6.00. The molecule has 2 aliphatic heterocycles. The molecule has 5 nitrogen and oxygen atoms in total. The predicted molar refractivity (Wildman–Crippen MR) is 95.5 cm³/mol. The maximum Gasteiger partial charge on any atom is 0.350 e. The van der Waals surface area contributed by atoms with Crippen LogP contribution in [0.25, 0.3) is 0 Å². The number of esters is 1. The average molecular weight is 354 g/mol. The van der Waals surface area contributed by atoms with Gasteiger partial charge in [-0.05, 0) is 44.0 Å². The third kappa shape index (κ3) is 2.04. The largest absolute Gasteiger partial charge is 0.493 e. The van der Waals surface area contributed by atoms with Crippen LogP contribution in [-0.2, 0) is 25.3 Å². The van der Waals surface area contributed by atoms with Crippen molar-refractivity contribution in [3.63, 3.8) is 0 Å². The molecule has 0 amide bonds. The first kappa shape index (κ1) is 16.9. The Hall–Kier alpha value is -2.53. The molecule has 0 aliphatic carbocycles. The monoisotopic (exact) mass is 354 g/mol. The first-order valence-electron chi connectivity index (χ1n) is 8.57. The minimum Gasteiger partial charge on any atom is -0.493 e. The van der Waals surface area contributed by atoms with Gasteiger partial charge in [0.2, 0.25) is 11.9 Å². The summed E-state index contributed by atoms with van der Waals surface area (Å²) in [4.78, 5) is 13.0. The van der Waals surface area contributed by atoms with E-state index in [0.717, 1.165) is 22.3 Å². The number of hydrogen-bond acceptors (Lipinski definition) is 5. The van der Waals surface area contributed by atoms with Crippen LogP contribution in [0.3, 0.4) is 0 Å². The van der Waals surface area contributed by atoms with Crippen molar-refractivity contribution < 1.29 is 23.7 Å². The Morgan fingerprint density at radius 3 is 2.12 bits per heavy atom. The lowest BCUT2D eigenvalue weighted by atomic mass is 9.72. The van der Waals surface area contributed by atoms with Gasteiger partial charge in [-0.2, -0.15) is 0 Å². The number of benzene rings is 2. The molecule has 0 N–H and O–H groups in total. The second kappa shape index (κ2) is 5.48. The molecule has 5 heteroatoms. The van der Waals surface area contributed by atoms with Gasteiger partial charge in [-0.3, -0.25) is 0 Å². The maximum atomic E-state index is 13.0. The Labute approximate surface area is 152 Å². The second-order valence-electron chi connectivity index (χ2n) is 7.38. The van der Waals surface area contributed by atoms with E-state index in [4.69, 9.17) is 18.9 Å². The number of methoxy groups -OCH3 is 2. The van der Waals surface area contributed by atoms with E-state index in [2.05, 4.69) is 0 Å². The molecule has 0 aromatic heterocycles. The third-order valence-electron chi connectivity index (χ3n) is 5.43. The van der Waals surface area contributed by atoms with Crippen molar-refractivity contribution >= 4 is 5.97 Å². The molecule has 26 heavy (non-hydrogen) atoms. The summed E-state index contributed by atoms with van der Waals surface area (Å²) >= 11 is 0. The highest BCUT2D eigenvalue weighted by Gasteiger charge is 2.63. The SMILES string of the molecule is COc1cc2c(cc1OC)C(C)(C)C1OC(=O)C2(c2ccc(C)cc2)O1. The van der Waals surface area contributed by atoms with E-state index in [1.807, 2.05) is 57.2 Å². The van der Waals surface area contributed by atoms with Crippen LogP contribution < -0.4 is 9.47 Å². The second-order valence-corrected chi connectivity index (χ2v) is 7.38. The molecule has 0 saturated carbocycles. The van der Waals surface area contributed by atoms with Gasteiger partial charge in [-0.1, -0.05) is 29.8 Å². The topological polar surface area (TPSA) is 54.0 Å². The van der Waals surface area contributed by atoms with Crippen molar-refractivity contribution in [2.75, 3.05) is 14.2 Å². The Kier molecular flexibility index (Phi) is 3.57. The number of ether oxygens (including phenoxy) is 4. The van der Waals surface area contributed by atoms with Gasteiger partial charge in [0.05, 0.1) is 19.6 Å². The van der Waals surface area contributed by atoms with E-state index in [1.165, 1.54) is 0 Å². The zero-order valence-electron chi connectivity index (χ0n) is 15.6. The molecule has 2 atom stereocenters. The lowest BCUT2D eigenvalue weighted by molar-refractivity contribution is -0.149. The number of carbonyl (C=O) groups excluding carboxylic acids is 1. The van der Waals surface area contributed by atoms with E-state index in [1.54, 1.807) is 14.2 Å². The van der Waals surface area contributed by atoms with E-state index >= 15 is 0 Å². The Morgan fingerprint density at radius 2 is 1.54 bits per heavy atom. The molecule has 2 heterocycles. The fourth-order valence-corrected chi connectivity index (χ4v) is 3.84. The van der Waals surface area contributed by atoms with Crippen LogP contribution in [0.2, 0.25) is 0 Å². The first-order chi connectivity index (χ1) is 12.3. The number of carbonyl (C=O) groups is 1. The number of fused-ring (bicyclic) bond motifs is 4. The zero-order valence-corrected chi connectivity index (χ0v) is 15.6. The van der Waals surface area contributed by atoms with Gasteiger partial charge < -0.3 is 18.9 Å². The summed E-state index contributed by atoms with van der Waals surface area (Å²) in [5, 5.41) is 0. The van der Waals surface area contributed by atoms with Crippen LogP contribution in [0.5, 0.6) is 11.5 Å². The van der Waals surface area contributed by atoms with E-state index in [9.17, 15) is 4.79 Å². The molecule has 2 aromatic rings. The van der Waals surface area contributed by atoms with Crippen molar-refractivity contribution in [3.05, 3.63) is 58.7 Å². The molecule has 136 valence electrons. The smallest absolute Gasteiger partial charge is 0.350 e. The fraction of sp³-hybridized carbons (Fsp3) is 0.381. The molecule has 2 unspecified atom stereocenters. The summed E-state index contributed by atoms with van der Waals surface area (Å²) in [6, 6.07) is 11.5. The van der Waals surface area contributed by atoms with Crippen LogP contribution in [0.1, 0.15) is 36.1 Å². The van der Waals surface area contributed by atoms with Crippen LogP contribution >= 0.6 is 0 Å². The highest BCUT2D eigenvalue weighted by molar-refractivity contribution is 5.89. The molecule has 0 radical (unpaired) electrons. The van der Waals surface area contributed by atoms with Crippen LogP contribution in [0.4, 0.5) is 0 Å². The van der Waals surface area contributed by atoms with E-state index < -0.39 is 23.3 Å². The molecule has 0 spiro atoms. The van der Waals surface area contributed by atoms with Crippen molar-refractivity contribution in [2.24, 2.45) is 0 Å². The van der Waals surface area contributed by atoms with Crippen molar-refractivity contribution in [1.82, 2.24) is 0 Å². The third-order valence-corrected chi connectivity index (χ3v) is 5.43. The van der Waals surface area contributed by atoms with Gasteiger partial charge in [0.15, 0.2) is 11.5 Å². The van der Waals surface area contributed by atoms with Crippen molar-refractivity contribution in [1.29, 1.82) is 0 Å². The average Bonchev–Trinajstić information content (AvgIpc) is 2.97. The molecule has 1 saturated heterocycles. The van der Waals surface area contributed by atoms with Crippen LogP contribution in [-0.4, -0.2) is 26.5 Å². The summed E-state index contributed by atoms with van der Waals surface area (Å²) in [5.41, 5.74) is 1.75. The molecule has 2 aliphatic rings. The zero-order chi connectivity index (χ0) is 18.7. The Morgan fingerprint density at radius 1 is 0.962 bits per heavy atom. The van der Waals surface area contributed by atoms with Crippen LogP contribution in [0, 0.1) is 6.92 Å². The molecule has 2 bridgehead atoms. The van der Waals surface area contributed by atoms with Gasteiger partial charge >= 0.3 is 5.97 Å². The highest BCUT2D eigenvalue weighted by Crippen LogP contribution is 2.55. The summed E-state index contributed by atoms with van der Waals surface area (Å²) in [5.74, 6) is 0.771. The van der Waals surface area contributed by atoms with E-state index in [-0.39, 0.29) is 0 Å². The minimum absolute atomic E-state index is 0.398. The number of aryl methyl sites for hydroxylation is 1. The molecule has 2 aromatic carbocycles. The lowest BCUT2D eigenvalue weighted by Gasteiger charge is -2.40. The first-order valence-corrected chi connectivity index (χ1v) is 8.57. The van der Waals surface area contributed by atoms with Crippen LogP contribution in [0.15, 0.2) is 36.4 Å². The molecular weight excluding hydrogens is 332 g/mol. The number of hydrogen-bond donors (Lipinski definition) is 0. The summed E-state index contributed by atoms with van der Waals surface area (Å²) in [7, 11) is 3.18. The lowest BCUT2D eigenvalue weighted by Crippen LogP contribution is -2.45. The maximum absolute atomic E-state index is 13.0. The number of rotatable bonds is 3. The predicted octanol–water partition coefficient (Wildman–Crippen LogP) is 3.45.